The molecule has 6 heteroatoms. The van der Waals surface area contributed by atoms with Crippen LogP contribution >= 0.6 is 0 Å². The van der Waals surface area contributed by atoms with Gasteiger partial charge in [0.05, 0.1) is 18.4 Å². The molecule has 0 unspecified atom stereocenters. The third kappa shape index (κ3) is 3.92. The molecule has 0 radical (unpaired) electrons. The zero-order valence-corrected chi connectivity index (χ0v) is 11.6. The molecular weight excluding hydrogens is 295 g/mol. The zero-order chi connectivity index (χ0) is 16.2. The molecule has 0 fully saturated rings. The van der Waals surface area contributed by atoms with Gasteiger partial charge in [0.15, 0.2) is 5.76 Å². The fourth-order valence-electron chi connectivity index (χ4n) is 1.73. The maximum atomic E-state index is 12.5. The van der Waals surface area contributed by atoms with Gasteiger partial charge in [-0.2, -0.15) is 13.2 Å². The van der Waals surface area contributed by atoms with Gasteiger partial charge in [0.2, 0.25) is 0 Å². The van der Waals surface area contributed by atoms with Gasteiger partial charge in [0.1, 0.15) is 0 Å². The van der Waals surface area contributed by atoms with E-state index in [0.29, 0.717) is 5.56 Å². The molecule has 0 aliphatic heterocycles. The first-order chi connectivity index (χ1) is 10.4. The molecule has 1 amide bonds. The van der Waals surface area contributed by atoms with Crippen LogP contribution in [0.5, 0.6) is 0 Å². The van der Waals surface area contributed by atoms with E-state index in [2.05, 4.69) is 17.2 Å². The Balaban J connectivity index is 1.97. The summed E-state index contributed by atoms with van der Waals surface area (Å²) < 4.78 is 42.6. The Kier molecular flexibility index (Phi) is 4.56. The Morgan fingerprint density at radius 3 is 2.73 bits per heavy atom. The number of carbonyl (C=O) groups is 1. The molecular formula is C16H12F3NO2. The van der Waals surface area contributed by atoms with E-state index in [1.807, 2.05) is 0 Å². The van der Waals surface area contributed by atoms with E-state index < -0.39 is 17.6 Å². The third-order valence-corrected chi connectivity index (χ3v) is 2.83. The first kappa shape index (κ1) is 15.7. The monoisotopic (exact) mass is 307 g/mol. The summed E-state index contributed by atoms with van der Waals surface area (Å²) in [4.78, 5) is 11.7. The highest BCUT2D eigenvalue weighted by Gasteiger charge is 2.30. The van der Waals surface area contributed by atoms with E-state index in [0.717, 1.165) is 12.1 Å². The molecule has 0 atom stereocenters. The topological polar surface area (TPSA) is 42.2 Å². The van der Waals surface area contributed by atoms with E-state index in [9.17, 15) is 18.0 Å². The molecule has 1 heterocycles. The standard InChI is InChI=1S/C16H12F3NO2/c1-11-7-9-22-14(11)15(21)20-8-3-5-12-4-2-6-13(10-12)16(17,18)19/h2,4,6-7,9-10H,8H2,1H3,(H,20,21). The molecule has 114 valence electrons. The number of rotatable bonds is 2. The SMILES string of the molecule is Cc1ccoc1C(=O)NCC#Cc1cccc(C(F)(F)F)c1. The van der Waals surface area contributed by atoms with Crippen molar-refractivity contribution in [1.29, 1.82) is 0 Å². The second-order valence-corrected chi connectivity index (χ2v) is 4.50. The maximum Gasteiger partial charge on any atom is 0.416 e. The van der Waals surface area contributed by atoms with Gasteiger partial charge in [-0.15, -0.1) is 0 Å². The fraction of sp³-hybridized carbons (Fsp3) is 0.188. The minimum Gasteiger partial charge on any atom is -0.459 e. The molecule has 22 heavy (non-hydrogen) atoms. The Hall–Kier alpha value is -2.68. The second-order valence-electron chi connectivity index (χ2n) is 4.50. The highest BCUT2D eigenvalue weighted by molar-refractivity contribution is 5.92. The van der Waals surface area contributed by atoms with Crippen molar-refractivity contribution < 1.29 is 22.4 Å². The molecule has 0 bridgehead atoms. The Morgan fingerprint density at radius 1 is 1.32 bits per heavy atom. The molecule has 2 rings (SSSR count). The highest BCUT2D eigenvalue weighted by Crippen LogP contribution is 2.29. The first-order valence-electron chi connectivity index (χ1n) is 6.36. The predicted octanol–water partition coefficient (Wildman–Crippen LogP) is 3.39. The van der Waals surface area contributed by atoms with Crippen LogP contribution in [0.3, 0.4) is 0 Å². The van der Waals surface area contributed by atoms with E-state index in [1.54, 1.807) is 13.0 Å². The summed E-state index contributed by atoms with van der Waals surface area (Å²) in [6, 6.07) is 6.36. The van der Waals surface area contributed by atoms with E-state index in [4.69, 9.17) is 4.42 Å². The van der Waals surface area contributed by atoms with Crippen molar-refractivity contribution >= 4 is 5.91 Å². The predicted molar refractivity (Wildman–Crippen MR) is 74.1 cm³/mol. The summed E-state index contributed by atoms with van der Waals surface area (Å²) in [5.74, 6) is 4.96. The lowest BCUT2D eigenvalue weighted by molar-refractivity contribution is -0.137. The van der Waals surface area contributed by atoms with E-state index in [-0.39, 0.29) is 17.9 Å². The lowest BCUT2D eigenvalue weighted by atomic mass is 10.1. The van der Waals surface area contributed by atoms with Gasteiger partial charge in [0.25, 0.3) is 5.91 Å². The van der Waals surface area contributed by atoms with Crippen molar-refractivity contribution in [2.45, 2.75) is 13.1 Å². The summed E-state index contributed by atoms with van der Waals surface area (Å²) in [5.41, 5.74) is 0.177. The van der Waals surface area contributed by atoms with Crippen molar-refractivity contribution in [1.82, 2.24) is 5.32 Å². The third-order valence-electron chi connectivity index (χ3n) is 2.83. The van der Waals surface area contributed by atoms with Crippen molar-refractivity contribution in [2.24, 2.45) is 0 Å². The summed E-state index contributed by atoms with van der Waals surface area (Å²) >= 11 is 0. The quantitative estimate of drug-likeness (QED) is 0.864. The molecule has 0 saturated carbocycles. The average Bonchev–Trinajstić information content (AvgIpc) is 2.89. The first-order valence-corrected chi connectivity index (χ1v) is 6.36. The average molecular weight is 307 g/mol. The molecule has 2 aromatic rings. The largest absolute Gasteiger partial charge is 0.459 e. The molecule has 3 nitrogen and oxygen atoms in total. The Morgan fingerprint density at radius 2 is 2.09 bits per heavy atom. The van der Waals surface area contributed by atoms with Crippen LogP contribution in [0.4, 0.5) is 13.2 Å². The summed E-state index contributed by atoms with van der Waals surface area (Å²) in [6.45, 7) is 1.74. The van der Waals surface area contributed by atoms with Crippen LogP contribution in [-0.4, -0.2) is 12.5 Å². The number of nitrogens with one attached hydrogen (secondary N) is 1. The summed E-state index contributed by atoms with van der Waals surface area (Å²) in [6.07, 6.45) is -3.00. The number of halogens is 3. The molecule has 0 aliphatic rings. The Bertz CT molecular complexity index is 736. The number of hydrogen-bond acceptors (Lipinski definition) is 2. The number of benzene rings is 1. The van der Waals surface area contributed by atoms with Crippen molar-refractivity contribution in [2.75, 3.05) is 6.54 Å². The van der Waals surface area contributed by atoms with Gasteiger partial charge in [-0.05, 0) is 31.2 Å². The number of hydrogen-bond donors (Lipinski definition) is 1. The lowest BCUT2D eigenvalue weighted by Crippen LogP contribution is -2.23. The fourth-order valence-corrected chi connectivity index (χ4v) is 1.73. The molecule has 0 aliphatic carbocycles. The molecule has 1 aromatic heterocycles. The van der Waals surface area contributed by atoms with Crippen molar-refractivity contribution in [3.8, 4) is 11.8 Å². The number of amides is 1. The van der Waals surface area contributed by atoms with Crippen molar-refractivity contribution in [3.63, 3.8) is 0 Å². The van der Waals surface area contributed by atoms with Gasteiger partial charge < -0.3 is 9.73 Å². The minimum absolute atomic E-state index is 0.00915. The van der Waals surface area contributed by atoms with Gasteiger partial charge >= 0.3 is 6.18 Å². The van der Waals surface area contributed by atoms with Crippen LogP contribution in [0.2, 0.25) is 0 Å². The molecule has 1 aromatic carbocycles. The number of aryl methyl sites for hydroxylation is 1. The van der Waals surface area contributed by atoms with Gasteiger partial charge in [0, 0.05) is 11.1 Å². The van der Waals surface area contributed by atoms with Gasteiger partial charge in [-0.1, -0.05) is 17.9 Å². The van der Waals surface area contributed by atoms with Crippen molar-refractivity contribution in [3.05, 3.63) is 59.0 Å². The number of furan rings is 1. The maximum absolute atomic E-state index is 12.5. The van der Waals surface area contributed by atoms with E-state index >= 15 is 0 Å². The summed E-state index contributed by atoms with van der Waals surface area (Å²) in [7, 11) is 0. The zero-order valence-electron chi connectivity index (χ0n) is 11.6. The lowest BCUT2D eigenvalue weighted by Gasteiger charge is -2.05. The number of carbonyl (C=O) groups excluding carboxylic acids is 1. The minimum atomic E-state index is -4.40. The van der Waals surface area contributed by atoms with E-state index in [1.165, 1.54) is 18.4 Å². The van der Waals surface area contributed by atoms with Gasteiger partial charge in [-0.25, -0.2) is 0 Å². The Labute approximate surface area is 125 Å². The molecule has 0 spiro atoms. The smallest absolute Gasteiger partial charge is 0.416 e. The van der Waals surface area contributed by atoms with Crippen LogP contribution in [0.1, 0.15) is 27.2 Å². The summed E-state index contributed by atoms with van der Waals surface area (Å²) in [5, 5.41) is 2.51. The van der Waals surface area contributed by atoms with Crippen LogP contribution in [-0.2, 0) is 6.18 Å². The van der Waals surface area contributed by atoms with Crippen LogP contribution in [0.25, 0.3) is 0 Å². The highest BCUT2D eigenvalue weighted by atomic mass is 19.4. The number of alkyl halides is 3. The van der Waals surface area contributed by atoms with Crippen LogP contribution in [0, 0.1) is 18.8 Å². The normalized spacial score (nSPS) is 10.7. The van der Waals surface area contributed by atoms with Gasteiger partial charge in [-0.3, -0.25) is 4.79 Å². The second kappa shape index (κ2) is 6.39. The van der Waals surface area contributed by atoms with Crippen LogP contribution < -0.4 is 5.32 Å². The van der Waals surface area contributed by atoms with Crippen LogP contribution in [0.15, 0.2) is 41.0 Å². The molecule has 1 N–H and O–H groups in total. The molecule has 0 saturated heterocycles.